The van der Waals surface area contributed by atoms with Crippen LogP contribution in [0.15, 0.2) is 30.9 Å². The smallest absolute Gasteiger partial charge is 0.144 e. The first-order valence-electron chi connectivity index (χ1n) is 6.62. The fraction of sp³-hybridized carbons (Fsp3) is 0.467. The first-order valence-corrected chi connectivity index (χ1v) is 6.62. The SMILES string of the molecule is C=CCCOCCNc1ccc(N)c(OC(C)C)c1. The normalized spacial score (nSPS) is 10.5. The third-order valence-corrected chi connectivity index (χ3v) is 2.42. The number of benzene rings is 1. The van der Waals surface area contributed by atoms with Crippen molar-refractivity contribution in [2.24, 2.45) is 0 Å². The Morgan fingerprint density at radius 3 is 2.84 bits per heavy atom. The summed E-state index contributed by atoms with van der Waals surface area (Å²) < 4.78 is 11.1. The molecule has 4 heteroatoms. The standard InChI is InChI=1S/C15H24N2O2/c1-4-5-9-18-10-8-17-13-6-7-14(16)15(11-13)19-12(2)3/h4,6-7,11-12,17H,1,5,8-10,16H2,2-3H3. The molecule has 3 N–H and O–H groups in total. The quantitative estimate of drug-likeness (QED) is 0.409. The first-order chi connectivity index (χ1) is 9.13. The van der Waals surface area contributed by atoms with Crippen LogP contribution in [-0.2, 0) is 4.74 Å². The molecule has 0 aliphatic carbocycles. The fourth-order valence-corrected chi connectivity index (χ4v) is 1.54. The van der Waals surface area contributed by atoms with E-state index in [0.717, 1.165) is 18.7 Å². The van der Waals surface area contributed by atoms with Crippen molar-refractivity contribution < 1.29 is 9.47 Å². The largest absolute Gasteiger partial charge is 0.489 e. The molecular formula is C15H24N2O2. The van der Waals surface area contributed by atoms with Gasteiger partial charge in [0.2, 0.25) is 0 Å². The molecule has 0 heterocycles. The summed E-state index contributed by atoms with van der Waals surface area (Å²) in [4.78, 5) is 0. The van der Waals surface area contributed by atoms with Gasteiger partial charge < -0.3 is 20.5 Å². The third-order valence-electron chi connectivity index (χ3n) is 2.42. The lowest BCUT2D eigenvalue weighted by Crippen LogP contribution is -2.11. The first kappa shape index (κ1) is 15.4. The van der Waals surface area contributed by atoms with Crippen molar-refractivity contribution in [2.45, 2.75) is 26.4 Å². The molecule has 0 saturated heterocycles. The van der Waals surface area contributed by atoms with Crippen molar-refractivity contribution in [2.75, 3.05) is 30.8 Å². The third kappa shape index (κ3) is 6.15. The van der Waals surface area contributed by atoms with E-state index in [2.05, 4.69) is 11.9 Å². The summed E-state index contributed by atoms with van der Waals surface area (Å²) in [5.74, 6) is 0.715. The molecule has 1 aromatic rings. The molecule has 1 aromatic carbocycles. The average Bonchev–Trinajstić information content (AvgIpc) is 2.37. The summed E-state index contributed by atoms with van der Waals surface area (Å²) in [6, 6.07) is 5.70. The zero-order valence-electron chi connectivity index (χ0n) is 11.8. The Balaban J connectivity index is 2.39. The molecule has 0 aliphatic rings. The Morgan fingerprint density at radius 1 is 1.37 bits per heavy atom. The van der Waals surface area contributed by atoms with Gasteiger partial charge in [-0.15, -0.1) is 6.58 Å². The maximum atomic E-state index is 5.86. The molecule has 0 saturated carbocycles. The van der Waals surface area contributed by atoms with E-state index in [4.69, 9.17) is 15.2 Å². The van der Waals surface area contributed by atoms with Gasteiger partial charge in [0.25, 0.3) is 0 Å². The second kappa shape index (κ2) is 8.43. The maximum absolute atomic E-state index is 5.86. The maximum Gasteiger partial charge on any atom is 0.144 e. The number of nitrogens with two attached hydrogens (primary N) is 1. The van der Waals surface area contributed by atoms with Gasteiger partial charge in [0.15, 0.2) is 0 Å². The number of nitrogen functional groups attached to an aromatic ring is 1. The number of nitrogens with one attached hydrogen (secondary N) is 1. The lowest BCUT2D eigenvalue weighted by atomic mass is 10.2. The van der Waals surface area contributed by atoms with Crippen molar-refractivity contribution in [3.63, 3.8) is 0 Å². The zero-order chi connectivity index (χ0) is 14.1. The predicted molar refractivity (Wildman–Crippen MR) is 80.7 cm³/mol. The van der Waals surface area contributed by atoms with Crippen LogP contribution in [0.3, 0.4) is 0 Å². The van der Waals surface area contributed by atoms with E-state index in [1.807, 2.05) is 38.1 Å². The number of rotatable bonds is 9. The number of hydrogen-bond acceptors (Lipinski definition) is 4. The molecule has 0 aliphatic heterocycles. The van der Waals surface area contributed by atoms with Crippen molar-refractivity contribution in [1.82, 2.24) is 0 Å². The van der Waals surface area contributed by atoms with E-state index in [0.29, 0.717) is 24.7 Å². The highest BCUT2D eigenvalue weighted by atomic mass is 16.5. The van der Waals surface area contributed by atoms with Crippen molar-refractivity contribution in [3.8, 4) is 5.75 Å². The average molecular weight is 264 g/mol. The Kier molecular flexibility index (Phi) is 6.82. The van der Waals surface area contributed by atoms with Crippen LogP contribution in [0.5, 0.6) is 5.75 Å². The summed E-state index contributed by atoms with van der Waals surface area (Å²) in [6.07, 6.45) is 2.84. The van der Waals surface area contributed by atoms with Crippen LogP contribution >= 0.6 is 0 Å². The zero-order valence-corrected chi connectivity index (χ0v) is 11.8. The van der Waals surface area contributed by atoms with Crippen LogP contribution < -0.4 is 15.8 Å². The molecule has 19 heavy (non-hydrogen) atoms. The van der Waals surface area contributed by atoms with Crippen molar-refractivity contribution >= 4 is 11.4 Å². The second-order valence-electron chi connectivity index (χ2n) is 4.54. The van der Waals surface area contributed by atoms with Gasteiger partial charge in [-0.25, -0.2) is 0 Å². The van der Waals surface area contributed by atoms with Crippen LogP contribution in [-0.4, -0.2) is 25.9 Å². The fourth-order valence-electron chi connectivity index (χ4n) is 1.54. The summed E-state index contributed by atoms with van der Waals surface area (Å²) in [7, 11) is 0. The van der Waals surface area contributed by atoms with Crippen molar-refractivity contribution in [3.05, 3.63) is 30.9 Å². The highest BCUT2D eigenvalue weighted by molar-refractivity contribution is 5.61. The van der Waals surface area contributed by atoms with E-state index >= 15 is 0 Å². The molecule has 0 bridgehead atoms. The lowest BCUT2D eigenvalue weighted by Gasteiger charge is -2.14. The topological polar surface area (TPSA) is 56.5 Å². The predicted octanol–water partition coefficient (Wildman–Crippen LogP) is 3.06. The minimum Gasteiger partial charge on any atom is -0.489 e. The lowest BCUT2D eigenvalue weighted by molar-refractivity contribution is 0.149. The summed E-state index contributed by atoms with van der Waals surface area (Å²) >= 11 is 0. The van der Waals surface area contributed by atoms with E-state index in [1.165, 1.54) is 0 Å². The van der Waals surface area contributed by atoms with Gasteiger partial charge in [0, 0.05) is 18.3 Å². The molecule has 4 nitrogen and oxygen atoms in total. The number of ether oxygens (including phenoxy) is 2. The van der Waals surface area contributed by atoms with Crippen LogP contribution in [0, 0.1) is 0 Å². The van der Waals surface area contributed by atoms with Crippen molar-refractivity contribution in [1.29, 1.82) is 0 Å². The van der Waals surface area contributed by atoms with Gasteiger partial charge in [0.05, 0.1) is 25.0 Å². The molecule has 0 fully saturated rings. The Hall–Kier alpha value is -1.68. The Labute approximate surface area is 115 Å². The van der Waals surface area contributed by atoms with E-state index in [1.54, 1.807) is 0 Å². The Bertz CT molecular complexity index is 392. The molecule has 0 spiro atoms. The molecule has 0 radical (unpaired) electrons. The number of hydrogen-bond donors (Lipinski definition) is 2. The summed E-state index contributed by atoms with van der Waals surface area (Å²) in [5, 5.41) is 3.28. The van der Waals surface area contributed by atoms with Gasteiger partial charge in [-0.3, -0.25) is 0 Å². The molecule has 0 unspecified atom stereocenters. The summed E-state index contributed by atoms with van der Waals surface area (Å²) in [6.45, 7) is 9.74. The molecule has 1 rings (SSSR count). The summed E-state index contributed by atoms with van der Waals surface area (Å²) in [5.41, 5.74) is 7.50. The van der Waals surface area contributed by atoms with E-state index < -0.39 is 0 Å². The molecule has 0 amide bonds. The molecule has 0 atom stereocenters. The minimum atomic E-state index is 0.111. The van der Waals surface area contributed by atoms with E-state index in [-0.39, 0.29) is 6.10 Å². The van der Waals surface area contributed by atoms with Crippen LogP contribution in [0.4, 0.5) is 11.4 Å². The highest BCUT2D eigenvalue weighted by Crippen LogP contribution is 2.26. The molecule has 106 valence electrons. The Morgan fingerprint density at radius 2 is 2.16 bits per heavy atom. The van der Waals surface area contributed by atoms with Gasteiger partial charge >= 0.3 is 0 Å². The van der Waals surface area contributed by atoms with Gasteiger partial charge in [-0.05, 0) is 32.4 Å². The molecular weight excluding hydrogens is 240 g/mol. The minimum absolute atomic E-state index is 0.111. The van der Waals surface area contributed by atoms with Crippen LogP contribution in [0.1, 0.15) is 20.3 Å². The van der Waals surface area contributed by atoms with Gasteiger partial charge in [-0.1, -0.05) is 6.08 Å². The number of anilines is 2. The van der Waals surface area contributed by atoms with Crippen LogP contribution in [0.2, 0.25) is 0 Å². The van der Waals surface area contributed by atoms with Gasteiger partial charge in [0.1, 0.15) is 5.75 Å². The van der Waals surface area contributed by atoms with Crippen LogP contribution in [0.25, 0.3) is 0 Å². The monoisotopic (exact) mass is 264 g/mol. The second-order valence-corrected chi connectivity index (χ2v) is 4.54. The molecule has 0 aromatic heterocycles. The van der Waals surface area contributed by atoms with Gasteiger partial charge in [-0.2, -0.15) is 0 Å². The van der Waals surface area contributed by atoms with E-state index in [9.17, 15) is 0 Å². The highest BCUT2D eigenvalue weighted by Gasteiger charge is 2.04.